The number of benzene rings is 3. The Morgan fingerprint density at radius 1 is 1.00 bits per heavy atom. The number of hydrogen-bond donors (Lipinski definition) is 2. The molecule has 0 unspecified atom stereocenters. The number of anilines is 2. The van der Waals surface area contributed by atoms with Gasteiger partial charge in [0.1, 0.15) is 23.1 Å². The van der Waals surface area contributed by atoms with Gasteiger partial charge in [-0.2, -0.15) is 0 Å². The summed E-state index contributed by atoms with van der Waals surface area (Å²) in [6, 6.07) is 14.0. The van der Waals surface area contributed by atoms with E-state index in [2.05, 4.69) is 15.4 Å². The SMILES string of the molecule is CN1C(=O)[C@H](NC(=O)C(C)(C)NC(=O)c2ccc(F)cc2)CN(Cc2ccc(OC(F)(F)F)cc2)c2ccc(Cl)cc21. The number of carbonyl (C=O) groups excluding carboxylic acids is 3. The fourth-order valence-corrected chi connectivity index (χ4v) is 4.58. The van der Waals surface area contributed by atoms with E-state index in [1.54, 1.807) is 23.1 Å². The zero-order valence-corrected chi connectivity index (χ0v) is 23.5. The number of fused-ring (bicyclic) bond motifs is 1. The van der Waals surface area contributed by atoms with Gasteiger partial charge in [-0.1, -0.05) is 23.7 Å². The molecule has 1 aliphatic rings. The number of alkyl halides is 3. The molecule has 3 aromatic rings. The van der Waals surface area contributed by atoms with E-state index >= 15 is 0 Å². The van der Waals surface area contributed by atoms with Gasteiger partial charge in [-0.15, -0.1) is 13.2 Å². The third-order valence-electron chi connectivity index (χ3n) is 6.61. The molecule has 4 rings (SSSR count). The average molecular weight is 607 g/mol. The van der Waals surface area contributed by atoms with Crippen molar-refractivity contribution in [2.45, 2.75) is 38.3 Å². The molecule has 1 atom stereocenters. The Hall–Kier alpha value is -4.32. The number of nitrogens with one attached hydrogen (secondary N) is 2. The Morgan fingerprint density at radius 3 is 2.26 bits per heavy atom. The normalized spacial score (nSPS) is 15.5. The van der Waals surface area contributed by atoms with Gasteiger partial charge in [0.05, 0.1) is 11.4 Å². The van der Waals surface area contributed by atoms with Crippen LogP contribution in [-0.2, 0) is 16.1 Å². The molecular weight excluding hydrogens is 580 g/mol. The maximum Gasteiger partial charge on any atom is 0.573 e. The first kappa shape index (κ1) is 30.6. The highest BCUT2D eigenvalue weighted by atomic mass is 35.5. The fraction of sp³-hybridized carbons (Fsp3) is 0.276. The van der Waals surface area contributed by atoms with Crippen LogP contribution in [0.4, 0.5) is 28.9 Å². The number of carbonyl (C=O) groups is 3. The minimum atomic E-state index is -4.83. The Bertz CT molecular complexity index is 1480. The predicted molar refractivity (Wildman–Crippen MR) is 149 cm³/mol. The van der Waals surface area contributed by atoms with Crippen LogP contribution in [0.2, 0.25) is 5.02 Å². The second-order valence-corrected chi connectivity index (χ2v) is 10.7. The molecular formula is C29H27ClF4N4O4. The molecule has 13 heteroatoms. The first-order valence-electron chi connectivity index (χ1n) is 12.7. The highest BCUT2D eigenvalue weighted by molar-refractivity contribution is 6.31. The lowest BCUT2D eigenvalue weighted by Crippen LogP contribution is -2.60. The molecule has 2 N–H and O–H groups in total. The Balaban J connectivity index is 1.56. The lowest BCUT2D eigenvalue weighted by molar-refractivity contribution is -0.274. The number of ether oxygens (including phenoxy) is 1. The number of rotatable bonds is 7. The van der Waals surface area contributed by atoms with Gasteiger partial charge in [-0.3, -0.25) is 14.4 Å². The van der Waals surface area contributed by atoms with Crippen LogP contribution in [0.5, 0.6) is 5.75 Å². The van der Waals surface area contributed by atoms with Crippen molar-refractivity contribution < 1.29 is 36.7 Å². The van der Waals surface area contributed by atoms with E-state index in [1.807, 2.05) is 0 Å². The van der Waals surface area contributed by atoms with Gasteiger partial charge in [0.2, 0.25) is 5.91 Å². The van der Waals surface area contributed by atoms with Crippen molar-refractivity contribution in [3.63, 3.8) is 0 Å². The molecule has 42 heavy (non-hydrogen) atoms. The van der Waals surface area contributed by atoms with Gasteiger partial charge >= 0.3 is 6.36 Å². The van der Waals surface area contributed by atoms with E-state index in [9.17, 15) is 31.9 Å². The van der Waals surface area contributed by atoms with Crippen LogP contribution in [0.15, 0.2) is 66.7 Å². The monoisotopic (exact) mass is 606 g/mol. The molecule has 0 aromatic heterocycles. The lowest BCUT2D eigenvalue weighted by atomic mass is 10.0. The molecule has 3 aromatic carbocycles. The second kappa shape index (κ2) is 11.9. The zero-order valence-electron chi connectivity index (χ0n) is 22.8. The third-order valence-corrected chi connectivity index (χ3v) is 6.84. The van der Waals surface area contributed by atoms with Gasteiger partial charge in [-0.25, -0.2) is 4.39 Å². The summed E-state index contributed by atoms with van der Waals surface area (Å²) in [5.41, 5.74) is 0.357. The summed E-state index contributed by atoms with van der Waals surface area (Å²) < 4.78 is 55.0. The summed E-state index contributed by atoms with van der Waals surface area (Å²) in [5, 5.41) is 5.69. The minimum absolute atomic E-state index is 0.00760. The van der Waals surface area contributed by atoms with Crippen LogP contribution in [0, 0.1) is 5.82 Å². The summed E-state index contributed by atoms with van der Waals surface area (Å²) in [4.78, 5) is 42.7. The zero-order chi connectivity index (χ0) is 30.8. The maximum atomic E-state index is 13.5. The molecule has 3 amide bonds. The minimum Gasteiger partial charge on any atom is -0.406 e. The van der Waals surface area contributed by atoms with Gasteiger partial charge in [0.25, 0.3) is 11.8 Å². The quantitative estimate of drug-likeness (QED) is 0.367. The van der Waals surface area contributed by atoms with Crippen molar-refractivity contribution in [3.05, 3.63) is 88.7 Å². The first-order chi connectivity index (χ1) is 19.6. The largest absolute Gasteiger partial charge is 0.573 e. The molecule has 0 radical (unpaired) electrons. The molecule has 0 aliphatic carbocycles. The summed E-state index contributed by atoms with van der Waals surface area (Å²) in [6.07, 6.45) is -4.83. The summed E-state index contributed by atoms with van der Waals surface area (Å²) in [6.45, 7) is 3.09. The molecule has 0 bridgehead atoms. The number of halogens is 5. The highest BCUT2D eigenvalue weighted by Gasteiger charge is 2.37. The molecule has 0 fully saturated rings. The average Bonchev–Trinajstić information content (AvgIpc) is 2.99. The third kappa shape index (κ3) is 7.30. The van der Waals surface area contributed by atoms with Crippen molar-refractivity contribution in [1.82, 2.24) is 10.6 Å². The lowest BCUT2D eigenvalue weighted by Gasteiger charge is -2.30. The maximum absolute atomic E-state index is 13.5. The smallest absolute Gasteiger partial charge is 0.406 e. The summed E-state index contributed by atoms with van der Waals surface area (Å²) in [5.74, 6) is -2.61. The Kier molecular flexibility index (Phi) is 8.67. The number of hydrogen-bond acceptors (Lipinski definition) is 5. The van der Waals surface area contributed by atoms with Crippen molar-refractivity contribution >= 4 is 40.7 Å². The first-order valence-corrected chi connectivity index (χ1v) is 13.1. The van der Waals surface area contributed by atoms with Crippen LogP contribution in [-0.4, -0.2) is 49.3 Å². The Labute approximate surface area is 244 Å². The number of nitrogens with zero attached hydrogens (tertiary/aromatic N) is 2. The topological polar surface area (TPSA) is 91.0 Å². The van der Waals surface area contributed by atoms with Crippen LogP contribution in [0.3, 0.4) is 0 Å². The van der Waals surface area contributed by atoms with E-state index in [-0.39, 0.29) is 24.4 Å². The summed E-state index contributed by atoms with van der Waals surface area (Å²) in [7, 11) is 1.53. The van der Waals surface area contributed by atoms with E-state index in [0.29, 0.717) is 22.0 Å². The van der Waals surface area contributed by atoms with Gasteiger partial charge in [0.15, 0.2) is 0 Å². The van der Waals surface area contributed by atoms with Gasteiger partial charge in [0, 0.05) is 30.7 Å². The summed E-state index contributed by atoms with van der Waals surface area (Å²) >= 11 is 6.22. The van der Waals surface area contributed by atoms with Crippen molar-refractivity contribution in [3.8, 4) is 5.75 Å². The van der Waals surface area contributed by atoms with Crippen LogP contribution in [0.25, 0.3) is 0 Å². The predicted octanol–water partition coefficient (Wildman–Crippen LogP) is 5.05. The van der Waals surface area contributed by atoms with Crippen molar-refractivity contribution in [2.75, 3.05) is 23.4 Å². The molecule has 0 saturated carbocycles. The van der Waals surface area contributed by atoms with Gasteiger partial charge < -0.3 is 25.2 Å². The molecule has 1 heterocycles. The molecule has 8 nitrogen and oxygen atoms in total. The standard InChI is InChI=1S/C29H27ClF4N4O4/c1-28(2,36-25(39)18-6-9-20(31)10-7-18)27(41)35-22-16-38(15-17-4-11-21(12-5-17)42-29(32,33)34)23-13-8-19(30)14-24(23)37(3)26(22)40/h4-14,22H,15-16H2,1-3H3,(H,35,41)(H,36,39)/t22-/m1/s1. The van der Waals surface area contributed by atoms with Crippen LogP contribution < -0.4 is 25.2 Å². The number of amides is 3. The van der Waals surface area contributed by atoms with E-state index in [1.165, 1.54) is 62.2 Å². The van der Waals surface area contributed by atoms with Crippen LogP contribution in [0.1, 0.15) is 29.8 Å². The highest BCUT2D eigenvalue weighted by Crippen LogP contribution is 2.35. The van der Waals surface area contributed by atoms with E-state index in [4.69, 9.17) is 11.6 Å². The van der Waals surface area contributed by atoms with Gasteiger partial charge in [-0.05, 0) is 74.0 Å². The van der Waals surface area contributed by atoms with Crippen molar-refractivity contribution in [2.24, 2.45) is 0 Å². The molecule has 0 saturated heterocycles. The Morgan fingerprint density at radius 2 is 1.64 bits per heavy atom. The van der Waals surface area contributed by atoms with Crippen molar-refractivity contribution in [1.29, 1.82) is 0 Å². The van der Waals surface area contributed by atoms with E-state index < -0.39 is 41.5 Å². The fourth-order valence-electron chi connectivity index (χ4n) is 4.41. The second-order valence-electron chi connectivity index (χ2n) is 10.2. The molecule has 0 spiro atoms. The molecule has 222 valence electrons. The molecule has 1 aliphatic heterocycles. The number of likely N-dealkylation sites (N-methyl/N-ethyl adjacent to an activating group) is 1. The van der Waals surface area contributed by atoms with Crippen LogP contribution >= 0.6 is 11.6 Å². The van der Waals surface area contributed by atoms with E-state index in [0.717, 1.165) is 12.1 Å².